The smallest absolute Gasteiger partial charge is 0.212 e. The normalized spacial score (nSPS) is 22.9. The molecular formula is C12H26N2O3S. The molecule has 0 aromatic rings. The van der Waals surface area contributed by atoms with Crippen LogP contribution >= 0.6 is 0 Å². The first-order chi connectivity index (χ1) is 8.57. The van der Waals surface area contributed by atoms with Crippen molar-refractivity contribution in [3.8, 4) is 0 Å². The van der Waals surface area contributed by atoms with Crippen LogP contribution in [0.15, 0.2) is 0 Å². The Morgan fingerprint density at radius 1 is 1.50 bits per heavy atom. The summed E-state index contributed by atoms with van der Waals surface area (Å²) in [6.45, 7) is 4.30. The molecule has 1 fully saturated rings. The Morgan fingerprint density at radius 2 is 2.28 bits per heavy atom. The highest BCUT2D eigenvalue weighted by molar-refractivity contribution is 7.89. The molecule has 0 saturated carbocycles. The van der Waals surface area contributed by atoms with E-state index < -0.39 is 10.0 Å². The Balaban J connectivity index is 2.45. The van der Waals surface area contributed by atoms with Crippen LogP contribution in [0, 0.1) is 5.92 Å². The Kier molecular flexibility index (Phi) is 7.14. The zero-order valence-electron chi connectivity index (χ0n) is 11.4. The summed E-state index contributed by atoms with van der Waals surface area (Å²) in [6.07, 6.45) is 3.82. The van der Waals surface area contributed by atoms with E-state index in [1.165, 1.54) is 0 Å². The first-order valence-electron chi connectivity index (χ1n) is 6.77. The molecule has 18 heavy (non-hydrogen) atoms. The highest BCUT2D eigenvalue weighted by Gasteiger charge is 2.23. The lowest BCUT2D eigenvalue weighted by molar-refractivity contribution is 0.171. The zero-order valence-corrected chi connectivity index (χ0v) is 12.3. The molecule has 0 bridgehead atoms. The molecule has 2 N–H and O–H groups in total. The molecule has 0 aromatic carbocycles. The average molecular weight is 278 g/mol. The molecule has 1 saturated heterocycles. The van der Waals surface area contributed by atoms with E-state index >= 15 is 0 Å². The van der Waals surface area contributed by atoms with Crippen LogP contribution in [-0.2, 0) is 14.8 Å². The summed E-state index contributed by atoms with van der Waals surface area (Å²) in [5.41, 5.74) is 0. The van der Waals surface area contributed by atoms with Gasteiger partial charge < -0.3 is 10.1 Å². The zero-order chi connectivity index (χ0) is 13.4. The van der Waals surface area contributed by atoms with Crippen LogP contribution in [0.3, 0.4) is 0 Å². The fraction of sp³-hybridized carbons (Fsp3) is 1.00. The van der Waals surface area contributed by atoms with E-state index in [4.69, 9.17) is 4.74 Å². The van der Waals surface area contributed by atoms with Crippen LogP contribution in [0.2, 0.25) is 0 Å². The lowest BCUT2D eigenvalue weighted by Crippen LogP contribution is -2.43. The Labute approximate surface area is 111 Å². The predicted molar refractivity (Wildman–Crippen MR) is 73.1 cm³/mol. The molecule has 1 rings (SSSR count). The lowest BCUT2D eigenvalue weighted by Gasteiger charge is -2.24. The van der Waals surface area contributed by atoms with Gasteiger partial charge in [-0.05, 0) is 38.3 Å². The van der Waals surface area contributed by atoms with Gasteiger partial charge in [0.2, 0.25) is 10.0 Å². The van der Waals surface area contributed by atoms with Gasteiger partial charge in [0.15, 0.2) is 0 Å². The summed E-state index contributed by atoms with van der Waals surface area (Å²) in [7, 11) is -1.60. The van der Waals surface area contributed by atoms with Crippen molar-refractivity contribution in [2.24, 2.45) is 5.92 Å². The minimum Gasteiger partial charge on any atom is -0.383 e. The van der Waals surface area contributed by atoms with Crippen LogP contribution in [-0.4, -0.2) is 47.0 Å². The van der Waals surface area contributed by atoms with Crippen molar-refractivity contribution in [1.29, 1.82) is 0 Å². The van der Waals surface area contributed by atoms with Gasteiger partial charge in [0.1, 0.15) is 0 Å². The van der Waals surface area contributed by atoms with Crippen LogP contribution in [0.5, 0.6) is 0 Å². The molecule has 1 heterocycles. The van der Waals surface area contributed by atoms with Crippen LogP contribution in [0.4, 0.5) is 0 Å². The number of methoxy groups -OCH3 is 1. The maximum atomic E-state index is 12.1. The van der Waals surface area contributed by atoms with E-state index in [1.54, 1.807) is 7.11 Å². The van der Waals surface area contributed by atoms with Crippen LogP contribution < -0.4 is 10.0 Å². The summed E-state index contributed by atoms with van der Waals surface area (Å²) < 4.78 is 31.9. The standard InChI is InChI=1S/C12H26N2O3S/c1-3-5-12(9-17-2)14-18(15,16)10-11-6-4-7-13-8-11/h11-14H,3-10H2,1-2H3. The number of sulfonamides is 1. The molecule has 0 amide bonds. The van der Waals surface area contributed by atoms with Gasteiger partial charge in [-0.25, -0.2) is 13.1 Å². The monoisotopic (exact) mass is 278 g/mol. The predicted octanol–water partition coefficient (Wildman–Crippen LogP) is 0.721. The fourth-order valence-electron chi connectivity index (χ4n) is 2.40. The van der Waals surface area contributed by atoms with E-state index in [0.29, 0.717) is 6.61 Å². The average Bonchev–Trinajstić information content (AvgIpc) is 2.29. The van der Waals surface area contributed by atoms with Gasteiger partial charge in [-0.1, -0.05) is 13.3 Å². The van der Waals surface area contributed by atoms with Crippen molar-refractivity contribution in [2.45, 2.75) is 38.6 Å². The van der Waals surface area contributed by atoms with E-state index in [9.17, 15) is 8.42 Å². The number of hydrogen-bond acceptors (Lipinski definition) is 4. The molecule has 2 unspecified atom stereocenters. The number of nitrogens with one attached hydrogen (secondary N) is 2. The minimum absolute atomic E-state index is 0.0958. The molecule has 0 spiro atoms. The van der Waals surface area contributed by atoms with Gasteiger partial charge in [-0.2, -0.15) is 0 Å². The highest BCUT2D eigenvalue weighted by atomic mass is 32.2. The number of hydrogen-bond donors (Lipinski definition) is 2. The molecule has 5 nitrogen and oxygen atoms in total. The SMILES string of the molecule is CCCC(COC)NS(=O)(=O)CC1CCCNC1. The van der Waals surface area contributed by atoms with Gasteiger partial charge in [-0.3, -0.25) is 0 Å². The van der Waals surface area contributed by atoms with Crippen LogP contribution in [0.25, 0.3) is 0 Å². The van der Waals surface area contributed by atoms with Crippen molar-refractivity contribution in [2.75, 3.05) is 32.6 Å². The molecule has 0 aliphatic carbocycles. The van der Waals surface area contributed by atoms with Gasteiger partial charge in [0, 0.05) is 13.2 Å². The van der Waals surface area contributed by atoms with Gasteiger partial charge in [-0.15, -0.1) is 0 Å². The maximum absolute atomic E-state index is 12.1. The second-order valence-electron chi connectivity index (χ2n) is 5.05. The third kappa shape index (κ3) is 6.13. The summed E-state index contributed by atoms with van der Waals surface area (Å²) in [5, 5.41) is 3.24. The highest BCUT2D eigenvalue weighted by Crippen LogP contribution is 2.12. The summed E-state index contributed by atoms with van der Waals surface area (Å²) in [5.74, 6) is 0.463. The van der Waals surface area contributed by atoms with Gasteiger partial charge in [0.25, 0.3) is 0 Å². The Bertz CT molecular complexity index is 307. The van der Waals surface area contributed by atoms with Crippen molar-refractivity contribution in [1.82, 2.24) is 10.0 Å². The van der Waals surface area contributed by atoms with Gasteiger partial charge >= 0.3 is 0 Å². The molecule has 0 aromatic heterocycles. The third-order valence-corrected chi connectivity index (χ3v) is 4.81. The molecule has 1 aliphatic rings. The second kappa shape index (κ2) is 8.09. The summed E-state index contributed by atoms with van der Waals surface area (Å²) >= 11 is 0. The van der Waals surface area contributed by atoms with Crippen LogP contribution in [0.1, 0.15) is 32.6 Å². The summed E-state index contributed by atoms with van der Waals surface area (Å²) in [6, 6.07) is -0.0958. The third-order valence-electron chi connectivity index (χ3n) is 3.21. The number of rotatable bonds is 8. The summed E-state index contributed by atoms with van der Waals surface area (Å²) in [4.78, 5) is 0. The van der Waals surface area contributed by atoms with E-state index in [2.05, 4.69) is 10.0 Å². The number of piperidine rings is 1. The van der Waals surface area contributed by atoms with E-state index in [-0.39, 0.29) is 17.7 Å². The quantitative estimate of drug-likeness (QED) is 0.686. The first kappa shape index (κ1) is 15.9. The van der Waals surface area contributed by atoms with Crippen molar-refractivity contribution >= 4 is 10.0 Å². The minimum atomic E-state index is -3.19. The number of ether oxygens (including phenoxy) is 1. The largest absolute Gasteiger partial charge is 0.383 e. The molecule has 1 aliphatic heterocycles. The van der Waals surface area contributed by atoms with E-state index in [1.807, 2.05) is 6.92 Å². The topological polar surface area (TPSA) is 67.4 Å². The maximum Gasteiger partial charge on any atom is 0.212 e. The van der Waals surface area contributed by atoms with Crippen molar-refractivity contribution in [3.05, 3.63) is 0 Å². The lowest BCUT2D eigenvalue weighted by atomic mass is 10.0. The molecule has 6 heteroatoms. The Morgan fingerprint density at radius 3 is 2.83 bits per heavy atom. The van der Waals surface area contributed by atoms with Crippen molar-refractivity contribution in [3.63, 3.8) is 0 Å². The van der Waals surface area contributed by atoms with Crippen molar-refractivity contribution < 1.29 is 13.2 Å². The van der Waals surface area contributed by atoms with Gasteiger partial charge in [0.05, 0.1) is 12.4 Å². The van der Waals surface area contributed by atoms with E-state index in [0.717, 1.165) is 38.8 Å². The fourth-order valence-corrected chi connectivity index (χ4v) is 4.10. The second-order valence-corrected chi connectivity index (χ2v) is 6.85. The molecular weight excluding hydrogens is 252 g/mol. The first-order valence-corrected chi connectivity index (χ1v) is 8.42. The molecule has 108 valence electrons. The Hall–Kier alpha value is -0.170. The molecule has 2 atom stereocenters. The molecule has 0 radical (unpaired) electrons.